The van der Waals surface area contributed by atoms with Gasteiger partial charge in [-0.2, -0.15) is 10.2 Å². The molecule has 7 rings (SSSR count). The highest BCUT2D eigenvalue weighted by Crippen LogP contribution is 2.40. The predicted octanol–water partition coefficient (Wildman–Crippen LogP) is 3.94. The zero-order chi connectivity index (χ0) is 25.6. The highest BCUT2D eigenvalue weighted by atomic mass is 19.1. The van der Waals surface area contributed by atoms with Gasteiger partial charge in [0.1, 0.15) is 11.6 Å². The lowest BCUT2D eigenvalue weighted by atomic mass is 10.0. The van der Waals surface area contributed by atoms with E-state index < -0.39 is 11.5 Å². The van der Waals surface area contributed by atoms with Gasteiger partial charge in [0.25, 0.3) is 0 Å². The Labute approximate surface area is 210 Å². The molecular weight excluding hydrogens is 476 g/mol. The average molecular weight is 502 g/mol. The summed E-state index contributed by atoms with van der Waals surface area (Å²) in [6, 6.07) is 7.25. The summed E-state index contributed by atoms with van der Waals surface area (Å²) in [5, 5.41) is 13.1. The molecule has 5 aromatic rings. The fourth-order valence-electron chi connectivity index (χ4n) is 5.96. The lowest BCUT2D eigenvalue weighted by Crippen LogP contribution is -2.32. The summed E-state index contributed by atoms with van der Waals surface area (Å²) in [5.41, 5.74) is 3.97. The average Bonchev–Trinajstić information content (AvgIpc) is 3.64. The minimum atomic E-state index is -0.508. The number of hydrogen-bond acceptors (Lipinski definition) is 4. The molecule has 2 aromatic carbocycles. The topological polar surface area (TPSA) is 74.6 Å². The standard InChI is InChI=1S/C27H25F2N7O/c1-14-10-17(11-15(2)24(14)28)36-26(23-19-5-4-16(31-19)12-20(23)32-36)35-9-8-34(27(35)37)22-7-6-21-18(25(22)29)13-30-33(21)3/h6-11,13,16,19,31H,4-5,12H2,1-3H3/t16-,19+/m1/s1. The summed E-state index contributed by atoms with van der Waals surface area (Å²) in [6.07, 6.45) is 7.42. The molecule has 188 valence electrons. The van der Waals surface area contributed by atoms with Crippen molar-refractivity contribution in [2.45, 2.75) is 45.2 Å². The number of benzene rings is 2. The maximum absolute atomic E-state index is 15.5. The molecule has 2 aliphatic rings. The minimum Gasteiger partial charge on any atom is -0.307 e. The Hall–Kier alpha value is -4.05. The lowest BCUT2D eigenvalue weighted by Gasteiger charge is -2.21. The van der Waals surface area contributed by atoms with Crippen molar-refractivity contribution in [2.75, 3.05) is 0 Å². The maximum Gasteiger partial charge on any atom is 0.338 e. The van der Waals surface area contributed by atoms with Crippen LogP contribution in [-0.4, -0.2) is 34.7 Å². The largest absolute Gasteiger partial charge is 0.338 e. The SMILES string of the molecule is Cc1cc(-n2nc3c(c2-n2ccn(-c4ccc5c(cnn5C)c4F)c2=O)[C@@H]2CC[C@H](C3)N2)cc(C)c1F. The molecule has 2 atom stereocenters. The molecule has 0 radical (unpaired) electrons. The zero-order valence-electron chi connectivity index (χ0n) is 20.7. The predicted molar refractivity (Wildman–Crippen MR) is 135 cm³/mol. The van der Waals surface area contributed by atoms with Gasteiger partial charge < -0.3 is 5.32 Å². The normalized spacial score (nSPS) is 18.6. The van der Waals surface area contributed by atoms with Crippen molar-refractivity contribution in [3.8, 4) is 17.2 Å². The third-order valence-electron chi connectivity index (χ3n) is 7.78. The number of nitrogens with zero attached hydrogens (tertiary/aromatic N) is 6. The lowest BCUT2D eigenvalue weighted by molar-refractivity contribution is 0.509. The summed E-state index contributed by atoms with van der Waals surface area (Å²) in [5.74, 6) is -0.163. The van der Waals surface area contributed by atoms with Gasteiger partial charge in [-0.25, -0.2) is 18.3 Å². The molecule has 0 amide bonds. The van der Waals surface area contributed by atoms with Crippen LogP contribution in [0.15, 0.2) is 47.7 Å². The molecule has 1 fully saturated rings. The Morgan fingerprint density at radius 3 is 2.57 bits per heavy atom. The van der Waals surface area contributed by atoms with Gasteiger partial charge in [0.05, 0.1) is 34.2 Å². The molecule has 1 saturated heterocycles. The van der Waals surface area contributed by atoms with E-state index in [-0.39, 0.29) is 17.5 Å². The van der Waals surface area contributed by atoms with Crippen molar-refractivity contribution in [1.29, 1.82) is 0 Å². The number of rotatable bonds is 3. The van der Waals surface area contributed by atoms with E-state index in [0.717, 1.165) is 30.5 Å². The number of aromatic nitrogens is 6. The first kappa shape index (κ1) is 22.2. The number of imidazole rings is 1. The number of halogens is 2. The second-order valence-corrected chi connectivity index (χ2v) is 10.1. The summed E-state index contributed by atoms with van der Waals surface area (Å²) in [4.78, 5) is 13.8. The fourth-order valence-corrected chi connectivity index (χ4v) is 5.96. The van der Waals surface area contributed by atoms with Crippen molar-refractivity contribution in [3.05, 3.63) is 87.4 Å². The Kier molecular flexibility index (Phi) is 4.63. The minimum absolute atomic E-state index is 0.0684. The van der Waals surface area contributed by atoms with E-state index in [1.807, 2.05) is 0 Å². The van der Waals surface area contributed by atoms with Crippen molar-refractivity contribution in [1.82, 2.24) is 34.0 Å². The van der Waals surface area contributed by atoms with E-state index in [1.165, 1.54) is 15.3 Å². The smallest absolute Gasteiger partial charge is 0.307 e. The number of aryl methyl sites for hydroxylation is 3. The van der Waals surface area contributed by atoms with Crippen LogP contribution in [0.1, 0.15) is 41.3 Å². The van der Waals surface area contributed by atoms with E-state index in [0.29, 0.717) is 39.6 Å². The van der Waals surface area contributed by atoms with Gasteiger partial charge in [-0.15, -0.1) is 0 Å². The van der Waals surface area contributed by atoms with Crippen molar-refractivity contribution < 1.29 is 8.78 Å². The van der Waals surface area contributed by atoms with Crippen LogP contribution < -0.4 is 11.0 Å². The molecular formula is C27H25F2N7O. The van der Waals surface area contributed by atoms with Gasteiger partial charge in [0.15, 0.2) is 5.82 Å². The maximum atomic E-state index is 15.5. The number of fused-ring (bicyclic) bond motifs is 5. The van der Waals surface area contributed by atoms with Gasteiger partial charge >= 0.3 is 5.69 Å². The molecule has 37 heavy (non-hydrogen) atoms. The van der Waals surface area contributed by atoms with Gasteiger partial charge in [-0.1, -0.05) is 0 Å². The second-order valence-electron chi connectivity index (χ2n) is 10.1. The van der Waals surface area contributed by atoms with E-state index in [2.05, 4.69) is 10.4 Å². The fraction of sp³-hybridized carbons (Fsp3) is 0.296. The Morgan fingerprint density at radius 2 is 1.78 bits per heavy atom. The van der Waals surface area contributed by atoms with Crippen LogP contribution in [0.5, 0.6) is 0 Å². The summed E-state index contributed by atoms with van der Waals surface area (Å²) in [7, 11) is 1.74. The molecule has 2 aliphatic heterocycles. The Morgan fingerprint density at radius 1 is 1.03 bits per heavy atom. The van der Waals surface area contributed by atoms with E-state index >= 15 is 4.39 Å². The highest BCUT2D eigenvalue weighted by Gasteiger charge is 2.38. The first-order chi connectivity index (χ1) is 17.8. The molecule has 0 aliphatic carbocycles. The van der Waals surface area contributed by atoms with Crippen LogP contribution in [0.4, 0.5) is 8.78 Å². The molecule has 5 heterocycles. The summed E-state index contributed by atoms with van der Waals surface area (Å²) < 4.78 is 36.1. The zero-order valence-corrected chi connectivity index (χ0v) is 20.7. The molecule has 8 nitrogen and oxygen atoms in total. The van der Waals surface area contributed by atoms with Crippen molar-refractivity contribution >= 4 is 10.9 Å². The third kappa shape index (κ3) is 3.11. The van der Waals surface area contributed by atoms with E-state index in [9.17, 15) is 9.18 Å². The third-order valence-corrected chi connectivity index (χ3v) is 7.78. The van der Waals surface area contributed by atoms with Crippen LogP contribution in [0.3, 0.4) is 0 Å². The van der Waals surface area contributed by atoms with Gasteiger partial charge in [-0.05, 0) is 62.1 Å². The quantitative estimate of drug-likeness (QED) is 0.406. The molecule has 1 N–H and O–H groups in total. The van der Waals surface area contributed by atoms with E-state index in [4.69, 9.17) is 5.10 Å². The van der Waals surface area contributed by atoms with Crippen LogP contribution in [0.25, 0.3) is 28.1 Å². The van der Waals surface area contributed by atoms with Crippen molar-refractivity contribution in [2.24, 2.45) is 7.05 Å². The molecule has 3 aromatic heterocycles. The molecule has 0 spiro atoms. The monoisotopic (exact) mass is 501 g/mol. The highest BCUT2D eigenvalue weighted by molar-refractivity contribution is 5.81. The van der Waals surface area contributed by atoms with Crippen molar-refractivity contribution in [3.63, 3.8) is 0 Å². The van der Waals surface area contributed by atoms with Gasteiger partial charge in [0, 0.05) is 43.5 Å². The van der Waals surface area contributed by atoms with Crippen LogP contribution in [0, 0.1) is 25.5 Å². The van der Waals surface area contributed by atoms with Crippen LogP contribution in [-0.2, 0) is 13.5 Å². The molecule has 10 heteroatoms. The van der Waals surface area contributed by atoms with Gasteiger partial charge in [0.2, 0.25) is 0 Å². The summed E-state index contributed by atoms with van der Waals surface area (Å²) >= 11 is 0. The van der Waals surface area contributed by atoms with Crippen LogP contribution >= 0.6 is 0 Å². The first-order valence-electron chi connectivity index (χ1n) is 12.4. The Balaban J connectivity index is 1.46. The number of hydrogen-bond donors (Lipinski definition) is 1. The van der Waals surface area contributed by atoms with E-state index in [1.54, 1.807) is 66.9 Å². The summed E-state index contributed by atoms with van der Waals surface area (Å²) in [6.45, 7) is 3.44. The molecule has 0 unspecified atom stereocenters. The molecule has 2 bridgehead atoms. The molecule has 0 saturated carbocycles. The van der Waals surface area contributed by atoms with Crippen LogP contribution in [0.2, 0.25) is 0 Å². The first-order valence-corrected chi connectivity index (χ1v) is 12.4. The van der Waals surface area contributed by atoms with Gasteiger partial charge in [-0.3, -0.25) is 13.8 Å². The number of nitrogens with one attached hydrogen (secondary N) is 1. The second kappa shape index (κ2) is 7.72. The Bertz CT molecular complexity index is 1770.